The first-order valence-electron chi connectivity index (χ1n) is 7.35. The molecule has 4 nitrogen and oxygen atoms in total. The molecule has 1 unspecified atom stereocenters. The van der Waals surface area contributed by atoms with Gasteiger partial charge in [0.25, 0.3) is 0 Å². The van der Waals surface area contributed by atoms with Crippen molar-refractivity contribution in [1.82, 2.24) is 5.32 Å². The number of hydrogen-bond donors (Lipinski definition) is 2. The first-order valence-corrected chi connectivity index (χ1v) is 7.35. The van der Waals surface area contributed by atoms with E-state index < -0.39 is 11.5 Å². The van der Waals surface area contributed by atoms with Crippen molar-refractivity contribution in [2.24, 2.45) is 0 Å². The van der Waals surface area contributed by atoms with Crippen LogP contribution in [0.1, 0.15) is 39.0 Å². The summed E-state index contributed by atoms with van der Waals surface area (Å²) in [5.74, 6) is 0.0895. The molecule has 0 heterocycles. The minimum Gasteiger partial charge on any atom is -0.494 e. The van der Waals surface area contributed by atoms with Crippen LogP contribution in [0.3, 0.4) is 0 Å². The van der Waals surface area contributed by atoms with Crippen molar-refractivity contribution in [2.75, 3.05) is 6.61 Å². The average Bonchev–Trinajstić information content (AvgIpc) is 3.27. The lowest BCUT2D eigenvalue weighted by atomic mass is 9.90. The number of rotatable bonds is 9. The number of ether oxygens (including phenoxy) is 1. The Bertz CT molecular complexity index is 431. The zero-order valence-corrected chi connectivity index (χ0v) is 12.0. The van der Waals surface area contributed by atoms with E-state index in [9.17, 15) is 9.90 Å². The number of carboxylic acids is 1. The second-order valence-corrected chi connectivity index (χ2v) is 5.42. The van der Waals surface area contributed by atoms with Gasteiger partial charge in [-0.3, -0.25) is 10.1 Å². The fourth-order valence-electron chi connectivity index (χ4n) is 2.37. The summed E-state index contributed by atoms with van der Waals surface area (Å²) in [6.45, 7) is 2.48. The molecule has 2 N–H and O–H groups in total. The Morgan fingerprint density at radius 2 is 2.10 bits per heavy atom. The van der Waals surface area contributed by atoms with Crippen LogP contribution in [-0.2, 0) is 4.79 Å². The highest BCUT2D eigenvalue weighted by Gasteiger charge is 2.40. The highest BCUT2D eigenvalue weighted by molar-refractivity contribution is 5.78. The Labute approximate surface area is 120 Å². The normalized spacial score (nSPS) is 17.4. The van der Waals surface area contributed by atoms with Crippen molar-refractivity contribution in [2.45, 2.75) is 50.6 Å². The van der Waals surface area contributed by atoms with Crippen LogP contribution in [0.5, 0.6) is 5.75 Å². The summed E-state index contributed by atoms with van der Waals surface area (Å²) in [6, 6.07) is 10.0. The van der Waals surface area contributed by atoms with Crippen LogP contribution in [0.15, 0.2) is 30.3 Å². The Morgan fingerprint density at radius 1 is 1.40 bits per heavy atom. The molecular formula is C16H23NO3. The van der Waals surface area contributed by atoms with Crippen molar-refractivity contribution in [3.63, 3.8) is 0 Å². The van der Waals surface area contributed by atoms with Crippen molar-refractivity contribution in [3.05, 3.63) is 30.3 Å². The molecule has 0 bridgehead atoms. The maximum absolute atomic E-state index is 11.6. The molecule has 1 aromatic carbocycles. The molecule has 1 saturated carbocycles. The molecule has 0 spiro atoms. The summed E-state index contributed by atoms with van der Waals surface area (Å²) >= 11 is 0. The molecule has 1 aliphatic carbocycles. The SMILES string of the molecule is CCC(CCCOc1ccccc1)(NC1CC1)C(=O)O. The number of para-hydroxylation sites is 1. The lowest BCUT2D eigenvalue weighted by Gasteiger charge is -2.29. The van der Waals surface area contributed by atoms with E-state index in [1.54, 1.807) is 0 Å². The second kappa shape index (κ2) is 6.75. The highest BCUT2D eigenvalue weighted by atomic mass is 16.5. The van der Waals surface area contributed by atoms with E-state index >= 15 is 0 Å². The predicted octanol–water partition coefficient (Wildman–Crippen LogP) is 2.83. The number of carbonyl (C=O) groups is 1. The quantitative estimate of drug-likeness (QED) is 0.681. The molecule has 1 fully saturated rings. The lowest BCUT2D eigenvalue weighted by molar-refractivity contribution is -0.145. The van der Waals surface area contributed by atoms with E-state index in [1.807, 2.05) is 37.3 Å². The summed E-state index contributed by atoms with van der Waals surface area (Å²) < 4.78 is 5.63. The first-order chi connectivity index (χ1) is 9.66. The average molecular weight is 277 g/mol. The van der Waals surface area contributed by atoms with E-state index in [0.29, 0.717) is 25.5 Å². The summed E-state index contributed by atoms with van der Waals surface area (Å²) in [5, 5.41) is 12.8. The molecule has 1 aromatic rings. The van der Waals surface area contributed by atoms with Crippen LogP contribution < -0.4 is 10.1 Å². The minimum absolute atomic E-state index is 0.390. The monoisotopic (exact) mass is 277 g/mol. The van der Waals surface area contributed by atoms with Gasteiger partial charge in [-0.1, -0.05) is 25.1 Å². The molecule has 1 atom stereocenters. The molecule has 0 saturated heterocycles. The Hall–Kier alpha value is -1.55. The van der Waals surface area contributed by atoms with Gasteiger partial charge in [-0.25, -0.2) is 0 Å². The minimum atomic E-state index is -0.790. The van der Waals surface area contributed by atoms with Gasteiger partial charge in [0, 0.05) is 6.04 Å². The number of carboxylic acid groups (broad SMARTS) is 1. The van der Waals surface area contributed by atoms with Crippen molar-refractivity contribution in [1.29, 1.82) is 0 Å². The largest absolute Gasteiger partial charge is 0.494 e. The molecule has 110 valence electrons. The lowest BCUT2D eigenvalue weighted by Crippen LogP contribution is -2.52. The van der Waals surface area contributed by atoms with E-state index in [4.69, 9.17) is 4.74 Å². The molecule has 0 radical (unpaired) electrons. The third kappa shape index (κ3) is 3.97. The molecule has 1 aliphatic rings. The van der Waals surface area contributed by atoms with Gasteiger partial charge >= 0.3 is 5.97 Å². The molecule has 0 amide bonds. The summed E-state index contributed by atoms with van der Waals surface area (Å²) in [5.41, 5.74) is -0.790. The molecule has 20 heavy (non-hydrogen) atoms. The highest BCUT2D eigenvalue weighted by Crippen LogP contribution is 2.27. The van der Waals surface area contributed by atoms with Gasteiger partial charge in [0.05, 0.1) is 6.61 Å². The molecule has 2 rings (SSSR count). The maximum atomic E-state index is 11.6. The second-order valence-electron chi connectivity index (χ2n) is 5.42. The molecule has 0 aliphatic heterocycles. The van der Waals surface area contributed by atoms with Crippen molar-refractivity contribution < 1.29 is 14.6 Å². The van der Waals surface area contributed by atoms with Gasteiger partial charge in [-0.15, -0.1) is 0 Å². The Balaban J connectivity index is 1.80. The number of benzene rings is 1. The van der Waals surface area contributed by atoms with Gasteiger partial charge in [0.1, 0.15) is 11.3 Å². The van der Waals surface area contributed by atoms with Crippen LogP contribution in [0, 0.1) is 0 Å². The van der Waals surface area contributed by atoms with E-state index in [1.165, 1.54) is 0 Å². The van der Waals surface area contributed by atoms with Gasteiger partial charge in [-0.05, 0) is 44.2 Å². The molecular weight excluding hydrogens is 254 g/mol. The van der Waals surface area contributed by atoms with Crippen molar-refractivity contribution in [3.8, 4) is 5.75 Å². The van der Waals surface area contributed by atoms with Crippen LogP contribution in [0.2, 0.25) is 0 Å². The number of nitrogens with one attached hydrogen (secondary N) is 1. The van der Waals surface area contributed by atoms with Crippen LogP contribution in [0.4, 0.5) is 0 Å². The first kappa shape index (κ1) is 14.9. The maximum Gasteiger partial charge on any atom is 0.323 e. The van der Waals surface area contributed by atoms with Gasteiger partial charge < -0.3 is 9.84 Å². The third-order valence-electron chi connectivity index (χ3n) is 3.83. The molecule has 4 heteroatoms. The van der Waals surface area contributed by atoms with E-state index in [-0.39, 0.29) is 0 Å². The number of aliphatic carboxylic acids is 1. The van der Waals surface area contributed by atoms with Crippen molar-refractivity contribution >= 4 is 5.97 Å². The van der Waals surface area contributed by atoms with Gasteiger partial charge in [0.2, 0.25) is 0 Å². The van der Waals surface area contributed by atoms with Crippen LogP contribution in [-0.4, -0.2) is 29.3 Å². The topological polar surface area (TPSA) is 58.6 Å². The zero-order chi connectivity index (χ0) is 14.4. The standard InChI is InChI=1S/C16H23NO3/c1-2-16(15(18)19,17-13-9-10-13)11-6-12-20-14-7-4-3-5-8-14/h3-5,7-8,13,17H,2,6,9-12H2,1H3,(H,18,19). The smallest absolute Gasteiger partial charge is 0.323 e. The molecule has 0 aromatic heterocycles. The van der Waals surface area contributed by atoms with Gasteiger partial charge in [-0.2, -0.15) is 0 Å². The summed E-state index contributed by atoms with van der Waals surface area (Å²) in [6.07, 6.45) is 4.12. The summed E-state index contributed by atoms with van der Waals surface area (Å²) in [4.78, 5) is 11.6. The Kier molecular flexibility index (Phi) is 5.01. The van der Waals surface area contributed by atoms with E-state index in [0.717, 1.165) is 25.0 Å². The fraction of sp³-hybridized carbons (Fsp3) is 0.562. The van der Waals surface area contributed by atoms with E-state index in [2.05, 4.69) is 5.32 Å². The van der Waals surface area contributed by atoms with Crippen LogP contribution in [0.25, 0.3) is 0 Å². The summed E-state index contributed by atoms with van der Waals surface area (Å²) in [7, 11) is 0. The third-order valence-corrected chi connectivity index (χ3v) is 3.83. The van der Waals surface area contributed by atoms with Crippen LogP contribution >= 0.6 is 0 Å². The van der Waals surface area contributed by atoms with Gasteiger partial charge in [0.15, 0.2) is 0 Å². The fourth-order valence-corrected chi connectivity index (χ4v) is 2.37. The Morgan fingerprint density at radius 3 is 2.65 bits per heavy atom. The zero-order valence-electron chi connectivity index (χ0n) is 12.0. The number of hydrogen-bond acceptors (Lipinski definition) is 3. The predicted molar refractivity (Wildman–Crippen MR) is 78.0 cm³/mol.